The highest BCUT2D eigenvalue weighted by Crippen LogP contribution is 2.38. The van der Waals surface area contributed by atoms with Crippen molar-refractivity contribution in [3.05, 3.63) is 39.1 Å². The lowest BCUT2D eigenvalue weighted by molar-refractivity contribution is -0.124. The highest BCUT2D eigenvalue weighted by Gasteiger charge is 2.27. The first-order valence-electron chi connectivity index (χ1n) is 10.1. The molecule has 0 aliphatic carbocycles. The number of hydrogen-bond acceptors (Lipinski definition) is 6. The van der Waals surface area contributed by atoms with Gasteiger partial charge in [-0.05, 0) is 50.5 Å². The summed E-state index contributed by atoms with van der Waals surface area (Å²) in [5.41, 5.74) is 1.40. The van der Waals surface area contributed by atoms with E-state index in [2.05, 4.69) is 16.7 Å². The molecule has 1 aromatic carbocycles. The first kappa shape index (κ1) is 24.5. The van der Waals surface area contributed by atoms with Crippen LogP contribution >= 0.6 is 11.3 Å². The predicted octanol–water partition coefficient (Wildman–Crippen LogP) is 4.02. The molecule has 1 heterocycles. The number of nitrogens with one attached hydrogen (secondary N) is 2. The number of methoxy groups -OCH3 is 3. The fourth-order valence-corrected chi connectivity index (χ4v) is 4.46. The van der Waals surface area contributed by atoms with Gasteiger partial charge >= 0.3 is 0 Å². The van der Waals surface area contributed by atoms with Gasteiger partial charge in [0.05, 0.1) is 27.4 Å². The maximum atomic E-state index is 13.0. The van der Waals surface area contributed by atoms with Gasteiger partial charge in [0.15, 0.2) is 11.5 Å². The first-order valence-corrected chi connectivity index (χ1v) is 10.9. The van der Waals surface area contributed by atoms with Crippen LogP contribution in [0, 0.1) is 19.8 Å². The zero-order valence-corrected chi connectivity index (χ0v) is 20.2. The van der Waals surface area contributed by atoms with Gasteiger partial charge in [-0.1, -0.05) is 13.8 Å². The summed E-state index contributed by atoms with van der Waals surface area (Å²) in [6.45, 7) is 9.83. The van der Waals surface area contributed by atoms with Crippen molar-refractivity contribution >= 4 is 23.2 Å². The van der Waals surface area contributed by atoms with Crippen molar-refractivity contribution in [2.45, 2.75) is 46.7 Å². The predicted molar refractivity (Wildman–Crippen MR) is 123 cm³/mol. The van der Waals surface area contributed by atoms with E-state index in [1.165, 1.54) is 31.1 Å². The van der Waals surface area contributed by atoms with Gasteiger partial charge in [-0.3, -0.25) is 9.59 Å². The molecule has 1 aromatic heterocycles. The Labute approximate surface area is 188 Å². The summed E-state index contributed by atoms with van der Waals surface area (Å²) in [6, 6.07) is 4.35. The summed E-state index contributed by atoms with van der Waals surface area (Å²) in [5.74, 6) is 0.400. The van der Waals surface area contributed by atoms with Crippen LogP contribution < -0.4 is 24.8 Å². The van der Waals surface area contributed by atoms with Crippen LogP contribution in [0.5, 0.6) is 17.2 Å². The summed E-state index contributed by atoms with van der Waals surface area (Å²) >= 11 is 1.70. The molecule has 0 saturated heterocycles. The largest absolute Gasteiger partial charge is 0.493 e. The molecule has 2 amide bonds. The molecule has 8 heteroatoms. The second-order valence-corrected chi connectivity index (χ2v) is 9.17. The molecule has 0 aliphatic heterocycles. The molecule has 7 nitrogen and oxygen atoms in total. The van der Waals surface area contributed by atoms with E-state index in [1.54, 1.807) is 23.5 Å². The average Bonchev–Trinajstić information content (AvgIpc) is 3.08. The van der Waals surface area contributed by atoms with E-state index in [0.29, 0.717) is 22.8 Å². The Morgan fingerprint density at radius 2 is 1.48 bits per heavy atom. The van der Waals surface area contributed by atoms with E-state index in [4.69, 9.17) is 14.2 Å². The van der Waals surface area contributed by atoms with E-state index in [9.17, 15) is 9.59 Å². The molecule has 2 unspecified atom stereocenters. The van der Waals surface area contributed by atoms with Gasteiger partial charge < -0.3 is 24.8 Å². The van der Waals surface area contributed by atoms with Crippen molar-refractivity contribution in [2.75, 3.05) is 21.3 Å². The SMILES string of the molecule is COc1cc(C(=O)NC(C(=O)NC(C)c2cc(C)sc2C)C(C)C)cc(OC)c1OC. The van der Waals surface area contributed by atoms with Crippen LogP contribution in [0.15, 0.2) is 18.2 Å². The Balaban J connectivity index is 2.22. The number of amides is 2. The fraction of sp³-hybridized carbons (Fsp3) is 0.478. The minimum Gasteiger partial charge on any atom is -0.493 e. The quantitative estimate of drug-likeness (QED) is 0.605. The van der Waals surface area contributed by atoms with Crippen molar-refractivity contribution in [3.8, 4) is 17.2 Å². The van der Waals surface area contributed by atoms with Crippen LogP contribution in [0.25, 0.3) is 0 Å². The maximum absolute atomic E-state index is 13.0. The third kappa shape index (κ3) is 5.70. The van der Waals surface area contributed by atoms with Crippen molar-refractivity contribution in [2.24, 2.45) is 5.92 Å². The van der Waals surface area contributed by atoms with Crippen LogP contribution in [-0.4, -0.2) is 39.2 Å². The number of aryl methyl sites for hydroxylation is 2. The Bertz CT molecular complexity index is 913. The lowest BCUT2D eigenvalue weighted by atomic mass is 10.0. The third-order valence-electron chi connectivity index (χ3n) is 5.07. The molecule has 0 radical (unpaired) electrons. The normalized spacial score (nSPS) is 12.8. The van der Waals surface area contributed by atoms with Gasteiger partial charge in [0.25, 0.3) is 5.91 Å². The van der Waals surface area contributed by atoms with Crippen LogP contribution in [-0.2, 0) is 4.79 Å². The van der Waals surface area contributed by atoms with E-state index >= 15 is 0 Å². The zero-order valence-electron chi connectivity index (χ0n) is 19.4. The Hall–Kier alpha value is -2.74. The number of hydrogen-bond donors (Lipinski definition) is 2. The second kappa shape index (κ2) is 10.5. The van der Waals surface area contributed by atoms with Gasteiger partial charge in [0.2, 0.25) is 11.7 Å². The van der Waals surface area contributed by atoms with E-state index in [-0.39, 0.29) is 17.9 Å². The van der Waals surface area contributed by atoms with E-state index in [0.717, 1.165) is 5.56 Å². The van der Waals surface area contributed by atoms with Crippen molar-refractivity contribution in [1.29, 1.82) is 0 Å². The summed E-state index contributed by atoms with van der Waals surface area (Å²) in [4.78, 5) is 28.4. The number of carbonyl (C=O) groups is 2. The molecular weight excluding hydrogens is 416 g/mol. The third-order valence-corrected chi connectivity index (χ3v) is 6.05. The van der Waals surface area contributed by atoms with E-state index in [1.807, 2.05) is 34.6 Å². The fourth-order valence-electron chi connectivity index (χ4n) is 3.43. The monoisotopic (exact) mass is 448 g/mol. The van der Waals surface area contributed by atoms with Gasteiger partial charge in [-0.15, -0.1) is 11.3 Å². The van der Waals surface area contributed by atoms with Crippen LogP contribution in [0.1, 0.15) is 52.5 Å². The van der Waals surface area contributed by atoms with Gasteiger partial charge in [-0.2, -0.15) is 0 Å². The Morgan fingerprint density at radius 1 is 0.903 bits per heavy atom. The smallest absolute Gasteiger partial charge is 0.252 e. The molecule has 2 atom stereocenters. The van der Waals surface area contributed by atoms with Gasteiger partial charge in [0, 0.05) is 15.3 Å². The molecule has 2 N–H and O–H groups in total. The second-order valence-electron chi connectivity index (χ2n) is 7.71. The molecule has 0 spiro atoms. The average molecular weight is 449 g/mol. The molecule has 170 valence electrons. The van der Waals surface area contributed by atoms with Crippen molar-refractivity contribution < 1.29 is 23.8 Å². The van der Waals surface area contributed by atoms with Crippen LogP contribution in [0.3, 0.4) is 0 Å². The van der Waals surface area contributed by atoms with Crippen LogP contribution in [0.4, 0.5) is 0 Å². The van der Waals surface area contributed by atoms with Crippen molar-refractivity contribution in [1.82, 2.24) is 10.6 Å². The van der Waals surface area contributed by atoms with Crippen molar-refractivity contribution in [3.63, 3.8) is 0 Å². The molecule has 0 fully saturated rings. The maximum Gasteiger partial charge on any atom is 0.252 e. The molecule has 2 rings (SSSR count). The lowest BCUT2D eigenvalue weighted by Gasteiger charge is -2.24. The first-order chi connectivity index (χ1) is 14.6. The standard InChI is InChI=1S/C23H32N2O5S/c1-12(2)20(23(27)24-14(4)17-9-13(3)31-15(17)5)25-22(26)16-10-18(28-6)21(30-8)19(11-16)29-7/h9-12,14,20H,1-8H3,(H,24,27)(H,25,26). The summed E-state index contributed by atoms with van der Waals surface area (Å²) in [6.07, 6.45) is 0. The molecular formula is C23H32N2O5S. The Kier molecular flexibility index (Phi) is 8.33. The highest BCUT2D eigenvalue weighted by molar-refractivity contribution is 7.12. The lowest BCUT2D eigenvalue weighted by Crippen LogP contribution is -2.50. The number of carbonyl (C=O) groups excluding carboxylic acids is 2. The summed E-state index contributed by atoms with van der Waals surface area (Å²) in [5, 5.41) is 5.88. The number of thiophene rings is 1. The number of benzene rings is 1. The van der Waals surface area contributed by atoms with E-state index < -0.39 is 11.9 Å². The minimum absolute atomic E-state index is 0.108. The summed E-state index contributed by atoms with van der Waals surface area (Å²) < 4.78 is 15.9. The molecule has 0 aliphatic rings. The topological polar surface area (TPSA) is 85.9 Å². The molecule has 31 heavy (non-hydrogen) atoms. The molecule has 2 aromatic rings. The minimum atomic E-state index is -0.700. The number of ether oxygens (including phenoxy) is 3. The Morgan fingerprint density at radius 3 is 1.90 bits per heavy atom. The highest BCUT2D eigenvalue weighted by atomic mass is 32.1. The van der Waals surface area contributed by atoms with Gasteiger partial charge in [0.1, 0.15) is 6.04 Å². The number of rotatable bonds is 9. The van der Waals surface area contributed by atoms with Gasteiger partial charge in [-0.25, -0.2) is 0 Å². The zero-order chi connectivity index (χ0) is 23.3. The molecule has 0 bridgehead atoms. The summed E-state index contributed by atoms with van der Waals surface area (Å²) in [7, 11) is 4.47. The van der Waals surface area contributed by atoms with Crippen LogP contribution in [0.2, 0.25) is 0 Å². The molecule has 0 saturated carbocycles.